The van der Waals surface area contributed by atoms with Crippen molar-refractivity contribution in [3.05, 3.63) is 41.2 Å². The fourth-order valence-corrected chi connectivity index (χ4v) is 4.42. The normalized spacial score (nSPS) is 26.1. The van der Waals surface area contributed by atoms with Crippen molar-refractivity contribution in [1.29, 1.82) is 0 Å². The topological polar surface area (TPSA) is 94.3 Å². The third-order valence-corrected chi connectivity index (χ3v) is 6.60. The fourth-order valence-electron chi connectivity index (χ4n) is 4.42. The van der Waals surface area contributed by atoms with Crippen LogP contribution in [0.25, 0.3) is 0 Å². The maximum Gasteiger partial charge on any atom is 0.332 e. The van der Waals surface area contributed by atoms with Gasteiger partial charge in [-0.2, -0.15) is 0 Å². The molecule has 1 aromatic heterocycles. The van der Waals surface area contributed by atoms with Crippen LogP contribution in [0.15, 0.2) is 30.0 Å². The van der Waals surface area contributed by atoms with Gasteiger partial charge >= 0.3 is 5.97 Å². The van der Waals surface area contributed by atoms with Crippen molar-refractivity contribution in [2.45, 2.75) is 50.0 Å². The van der Waals surface area contributed by atoms with Crippen LogP contribution in [0, 0.1) is 11.8 Å². The molecule has 3 atom stereocenters. The van der Waals surface area contributed by atoms with Gasteiger partial charge < -0.3 is 15.8 Å². The van der Waals surface area contributed by atoms with Gasteiger partial charge in [0.1, 0.15) is 6.04 Å². The molecule has 2 fully saturated rings. The molecule has 2 unspecified atom stereocenters. The van der Waals surface area contributed by atoms with Crippen LogP contribution in [-0.4, -0.2) is 36.6 Å². The van der Waals surface area contributed by atoms with Crippen LogP contribution < -0.4 is 11.1 Å². The van der Waals surface area contributed by atoms with E-state index in [1.54, 1.807) is 12.3 Å². The van der Waals surface area contributed by atoms with E-state index in [0.29, 0.717) is 18.0 Å². The number of amides is 1. The number of carbonyl (C=O) groups excluding carboxylic acids is 2. The van der Waals surface area contributed by atoms with E-state index < -0.39 is 12.0 Å². The number of pyridine rings is 1. The number of nitrogens with two attached hydrogens (primary N) is 1. The lowest BCUT2D eigenvalue weighted by Crippen LogP contribution is -2.44. The Morgan fingerprint density at radius 3 is 2.74 bits per heavy atom. The zero-order valence-corrected chi connectivity index (χ0v) is 15.7. The van der Waals surface area contributed by atoms with Gasteiger partial charge in [0.2, 0.25) is 0 Å². The van der Waals surface area contributed by atoms with Crippen LogP contribution in [0.5, 0.6) is 0 Å². The second-order valence-electron chi connectivity index (χ2n) is 8.17. The summed E-state index contributed by atoms with van der Waals surface area (Å²) in [4.78, 5) is 29.5. The zero-order valence-electron chi connectivity index (χ0n) is 15.7. The predicted molar refractivity (Wildman–Crippen MR) is 101 cm³/mol. The maximum absolute atomic E-state index is 12.7. The molecule has 6 heteroatoms. The van der Waals surface area contributed by atoms with Gasteiger partial charge in [-0.15, -0.1) is 0 Å². The van der Waals surface area contributed by atoms with E-state index in [2.05, 4.69) is 16.4 Å². The molecule has 0 spiro atoms. The van der Waals surface area contributed by atoms with Crippen LogP contribution in [0.2, 0.25) is 0 Å². The second kappa shape index (κ2) is 7.08. The molecule has 3 N–H and O–H groups in total. The summed E-state index contributed by atoms with van der Waals surface area (Å²) in [7, 11) is 1.35. The minimum Gasteiger partial charge on any atom is -0.467 e. The first kappa shape index (κ1) is 18.2. The Morgan fingerprint density at radius 1 is 1.37 bits per heavy atom. The first-order chi connectivity index (χ1) is 13.1. The van der Waals surface area contributed by atoms with Crippen LogP contribution >= 0.6 is 0 Å². The predicted octanol–water partition coefficient (Wildman–Crippen LogP) is 2.09. The third-order valence-electron chi connectivity index (χ3n) is 6.60. The van der Waals surface area contributed by atoms with Gasteiger partial charge in [0.05, 0.1) is 12.7 Å². The number of fused-ring (bicyclic) bond motifs is 1. The van der Waals surface area contributed by atoms with Gasteiger partial charge in [0, 0.05) is 23.9 Å². The number of hydrogen-bond acceptors (Lipinski definition) is 5. The summed E-state index contributed by atoms with van der Waals surface area (Å²) < 4.78 is 4.93. The molecule has 0 aliphatic heterocycles. The monoisotopic (exact) mass is 369 g/mol. The molecule has 4 rings (SSSR count). The van der Waals surface area contributed by atoms with Gasteiger partial charge in [-0.05, 0) is 61.6 Å². The molecule has 2 saturated carbocycles. The number of carbonyl (C=O) groups is 2. The van der Waals surface area contributed by atoms with E-state index in [9.17, 15) is 9.59 Å². The first-order valence-electron chi connectivity index (χ1n) is 9.80. The van der Waals surface area contributed by atoms with E-state index in [1.807, 2.05) is 6.07 Å². The second-order valence-corrected chi connectivity index (χ2v) is 8.17. The summed E-state index contributed by atoms with van der Waals surface area (Å²) in [5.41, 5.74) is 8.27. The number of allylic oxidation sites excluding steroid dienone is 1. The molecular formula is C21H27N3O3. The number of aromatic nitrogens is 1. The summed E-state index contributed by atoms with van der Waals surface area (Å²) in [5.74, 6) is 0.694. The van der Waals surface area contributed by atoms with Crippen LogP contribution in [0.4, 0.5) is 0 Å². The standard InChI is InChI=1S/C21H27N3O3/c1-27-20(26)18(14-4-3-13-9-16(13)10-14)24-19(25)15-5-6-17(23-11-15)21(12-22)7-2-8-21/h4-6,11,13,16,18H,2-3,7-10,12,22H2,1H3,(H,24,25)/t13?,16?,18-/m1/s1. The molecule has 1 heterocycles. The van der Waals surface area contributed by atoms with Crippen molar-refractivity contribution < 1.29 is 14.3 Å². The molecular weight excluding hydrogens is 342 g/mol. The van der Waals surface area contributed by atoms with Crippen molar-refractivity contribution >= 4 is 11.9 Å². The van der Waals surface area contributed by atoms with Crippen molar-refractivity contribution in [3.8, 4) is 0 Å². The van der Waals surface area contributed by atoms with Crippen molar-refractivity contribution in [3.63, 3.8) is 0 Å². The number of nitrogens with one attached hydrogen (secondary N) is 1. The number of hydrogen-bond donors (Lipinski definition) is 2. The molecule has 3 aliphatic carbocycles. The van der Waals surface area contributed by atoms with Gasteiger partial charge in [0.15, 0.2) is 0 Å². The fraction of sp³-hybridized carbons (Fsp3) is 0.571. The largest absolute Gasteiger partial charge is 0.467 e. The maximum atomic E-state index is 12.7. The van der Waals surface area contributed by atoms with E-state index in [1.165, 1.54) is 20.0 Å². The molecule has 3 aliphatic rings. The van der Waals surface area contributed by atoms with Crippen LogP contribution in [0.3, 0.4) is 0 Å². The Balaban J connectivity index is 1.47. The zero-order chi connectivity index (χ0) is 19.0. The summed E-state index contributed by atoms with van der Waals surface area (Å²) in [6.07, 6.45) is 10.0. The molecule has 1 aromatic rings. The number of nitrogens with zero attached hydrogens (tertiary/aromatic N) is 1. The van der Waals surface area contributed by atoms with E-state index in [-0.39, 0.29) is 11.3 Å². The highest BCUT2D eigenvalue weighted by molar-refractivity contribution is 5.97. The molecule has 144 valence electrons. The third kappa shape index (κ3) is 3.38. The van der Waals surface area contributed by atoms with Gasteiger partial charge in [-0.25, -0.2) is 4.79 Å². The Labute approximate surface area is 159 Å². The van der Waals surface area contributed by atoms with Gasteiger partial charge in [-0.1, -0.05) is 12.5 Å². The Kier molecular flexibility index (Phi) is 4.76. The summed E-state index contributed by atoms with van der Waals surface area (Å²) in [5, 5.41) is 2.85. The lowest BCUT2D eigenvalue weighted by molar-refractivity contribution is -0.141. The highest BCUT2D eigenvalue weighted by Gasteiger charge is 2.42. The molecule has 0 bridgehead atoms. The van der Waals surface area contributed by atoms with E-state index >= 15 is 0 Å². The quantitative estimate of drug-likeness (QED) is 0.591. The van der Waals surface area contributed by atoms with Crippen molar-refractivity contribution in [1.82, 2.24) is 10.3 Å². The molecule has 0 aromatic carbocycles. The van der Waals surface area contributed by atoms with Crippen molar-refractivity contribution in [2.24, 2.45) is 17.6 Å². The average molecular weight is 369 g/mol. The average Bonchev–Trinajstić information content (AvgIpc) is 3.44. The van der Waals surface area contributed by atoms with E-state index in [0.717, 1.165) is 42.9 Å². The highest BCUT2D eigenvalue weighted by Crippen LogP contribution is 2.49. The van der Waals surface area contributed by atoms with E-state index in [4.69, 9.17) is 10.5 Å². The minimum absolute atomic E-state index is 0.0305. The molecule has 6 nitrogen and oxygen atoms in total. The van der Waals surface area contributed by atoms with Crippen molar-refractivity contribution in [2.75, 3.05) is 13.7 Å². The van der Waals surface area contributed by atoms with Crippen LogP contribution in [0.1, 0.15) is 54.6 Å². The molecule has 1 amide bonds. The Morgan fingerprint density at radius 2 is 2.19 bits per heavy atom. The summed E-state index contributed by atoms with van der Waals surface area (Å²) >= 11 is 0. The first-order valence-corrected chi connectivity index (χ1v) is 9.80. The number of rotatable bonds is 6. The highest BCUT2D eigenvalue weighted by atomic mass is 16.5. The molecule has 27 heavy (non-hydrogen) atoms. The minimum atomic E-state index is -0.717. The lowest BCUT2D eigenvalue weighted by Gasteiger charge is -2.40. The summed E-state index contributed by atoms with van der Waals surface area (Å²) in [6.45, 7) is 0.576. The van der Waals surface area contributed by atoms with Crippen LogP contribution in [-0.2, 0) is 14.9 Å². The summed E-state index contributed by atoms with van der Waals surface area (Å²) in [6, 6.07) is 2.95. The lowest BCUT2D eigenvalue weighted by atomic mass is 9.66. The Hall–Kier alpha value is -2.21. The molecule has 0 radical (unpaired) electrons. The smallest absolute Gasteiger partial charge is 0.332 e. The van der Waals surface area contributed by atoms with Gasteiger partial charge in [-0.3, -0.25) is 9.78 Å². The van der Waals surface area contributed by atoms with Gasteiger partial charge in [0.25, 0.3) is 5.91 Å². The number of methoxy groups -OCH3 is 1. The SMILES string of the molecule is COC(=O)[C@H](NC(=O)c1ccc(C2(CN)CCC2)nc1)C1=CCC2CC2C1. The molecule has 0 saturated heterocycles. The number of ether oxygens (including phenoxy) is 1. The Bertz CT molecular complexity index is 762. The number of esters is 1.